The molecule has 0 atom stereocenters. The number of benzene rings is 1. The molecule has 0 heterocycles. The summed E-state index contributed by atoms with van der Waals surface area (Å²) in [4.78, 5) is 0. The molecule has 10 heavy (non-hydrogen) atoms. The Balaban J connectivity index is 0.000000810. The average Bonchev–Trinajstić information content (AvgIpc) is 1.80. The summed E-state index contributed by atoms with van der Waals surface area (Å²) >= 11 is 3.21. The van der Waals surface area contributed by atoms with E-state index in [1.165, 1.54) is 0 Å². The number of rotatable bonds is 0. The molecule has 0 spiro atoms. The zero-order chi connectivity index (χ0) is 6.85. The highest BCUT2D eigenvalue weighted by molar-refractivity contribution is 9.10. The maximum atomic E-state index is 8.90. The molecule has 1 rings (SSSR count). The van der Waals surface area contributed by atoms with E-state index < -0.39 is 0 Å². The third-order valence-electron chi connectivity index (χ3n) is 0.990. The minimum Gasteiger partial charge on any atom is -0.506 e. The van der Waals surface area contributed by atoms with Gasteiger partial charge >= 0.3 is 0 Å². The van der Waals surface area contributed by atoms with E-state index in [0.717, 1.165) is 4.47 Å². The van der Waals surface area contributed by atoms with Crippen molar-refractivity contribution in [1.29, 1.82) is 0 Å². The van der Waals surface area contributed by atoms with Gasteiger partial charge in [-0.05, 0) is 18.2 Å². The van der Waals surface area contributed by atoms with Crippen LogP contribution in [0.2, 0.25) is 0 Å². The van der Waals surface area contributed by atoms with E-state index in [0.29, 0.717) is 5.69 Å². The van der Waals surface area contributed by atoms with Gasteiger partial charge in [0.1, 0.15) is 5.75 Å². The summed E-state index contributed by atoms with van der Waals surface area (Å²) in [5.74, 6) is 0.123. The SMILES string of the molecule is Cl.Nc1cc(Br)ccc1O. The molecule has 0 unspecified atom stereocenters. The lowest BCUT2D eigenvalue weighted by Gasteiger charge is -1.96. The lowest BCUT2D eigenvalue weighted by Crippen LogP contribution is -1.83. The van der Waals surface area contributed by atoms with E-state index in [1.807, 2.05) is 0 Å². The van der Waals surface area contributed by atoms with E-state index in [-0.39, 0.29) is 18.2 Å². The third kappa shape index (κ3) is 2.08. The number of nitrogen functional groups attached to an aromatic ring is 1. The van der Waals surface area contributed by atoms with Crippen molar-refractivity contribution in [3.8, 4) is 5.75 Å². The molecule has 0 radical (unpaired) electrons. The Bertz CT molecular complexity index is 229. The first-order valence-corrected chi connectivity index (χ1v) is 3.23. The van der Waals surface area contributed by atoms with Crippen LogP contribution in [0.3, 0.4) is 0 Å². The predicted octanol–water partition coefficient (Wildman–Crippen LogP) is 2.16. The summed E-state index contributed by atoms with van der Waals surface area (Å²) in [5.41, 5.74) is 5.73. The highest BCUT2D eigenvalue weighted by atomic mass is 79.9. The molecule has 0 amide bonds. The van der Waals surface area contributed by atoms with Crippen LogP contribution in [0.1, 0.15) is 0 Å². The fourth-order valence-electron chi connectivity index (χ4n) is 0.525. The van der Waals surface area contributed by atoms with Gasteiger partial charge in [0.15, 0.2) is 0 Å². The van der Waals surface area contributed by atoms with Crippen LogP contribution < -0.4 is 5.73 Å². The van der Waals surface area contributed by atoms with E-state index in [1.54, 1.807) is 18.2 Å². The molecule has 0 saturated carbocycles. The van der Waals surface area contributed by atoms with E-state index in [9.17, 15) is 0 Å². The average molecular weight is 224 g/mol. The Labute approximate surface area is 73.6 Å². The first-order valence-electron chi connectivity index (χ1n) is 2.44. The monoisotopic (exact) mass is 223 g/mol. The van der Waals surface area contributed by atoms with Crippen LogP contribution in [-0.2, 0) is 0 Å². The van der Waals surface area contributed by atoms with Gasteiger partial charge in [0.25, 0.3) is 0 Å². The van der Waals surface area contributed by atoms with Gasteiger partial charge in [0, 0.05) is 4.47 Å². The fourth-order valence-corrected chi connectivity index (χ4v) is 0.904. The van der Waals surface area contributed by atoms with Gasteiger partial charge in [0.05, 0.1) is 5.69 Å². The van der Waals surface area contributed by atoms with Crippen molar-refractivity contribution in [1.82, 2.24) is 0 Å². The van der Waals surface area contributed by atoms with Crippen LogP contribution in [0.5, 0.6) is 5.75 Å². The van der Waals surface area contributed by atoms with E-state index in [2.05, 4.69) is 15.9 Å². The number of hydrogen-bond donors (Lipinski definition) is 2. The highest BCUT2D eigenvalue weighted by Gasteiger charge is 1.93. The molecule has 4 heteroatoms. The van der Waals surface area contributed by atoms with Gasteiger partial charge in [-0.15, -0.1) is 12.4 Å². The summed E-state index contributed by atoms with van der Waals surface area (Å²) in [7, 11) is 0. The third-order valence-corrected chi connectivity index (χ3v) is 1.48. The van der Waals surface area contributed by atoms with E-state index in [4.69, 9.17) is 10.8 Å². The summed E-state index contributed by atoms with van der Waals surface area (Å²) < 4.78 is 0.873. The summed E-state index contributed by atoms with van der Waals surface area (Å²) in [6.45, 7) is 0. The second-order valence-electron chi connectivity index (χ2n) is 1.70. The zero-order valence-electron chi connectivity index (χ0n) is 5.04. The molecule has 1 aromatic rings. The molecule has 56 valence electrons. The summed E-state index contributed by atoms with van der Waals surface area (Å²) in [5, 5.41) is 8.90. The molecule has 0 aliphatic heterocycles. The molecule has 0 aromatic heterocycles. The van der Waals surface area contributed by atoms with Crippen LogP contribution in [-0.4, -0.2) is 5.11 Å². The highest BCUT2D eigenvalue weighted by Crippen LogP contribution is 2.22. The van der Waals surface area contributed by atoms with Crippen molar-refractivity contribution in [3.63, 3.8) is 0 Å². The van der Waals surface area contributed by atoms with Crippen molar-refractivity contribution < 1.29 is 5.11 Å². The van der Waals surface area contributed by atoms with Gasteiger partial charge in [-0.3, -0.25) is 0 Å². The largest absolute Gasteiger partial charge is 0.506 e. The van der Waals surface area contributed by atoms with Crippen molar-refractivity contribution >= 4 is 34.0 Å². The standard InChI is InChI=1S/C6H6BrNO.ClH/c7-4-1-2-6(9)5(8)3-4;/h1-3,9H,8H2;1H. The van der Waals surface area contributed by atoms with Gasteiger partial charge in [-0.1, -0.05) is 15.9 Å². The molecular weight excluding hydrogens is 217 g/mol. The Morgan fingerprint density at radius 3 is 2.40 bits per heavy atom. The minimum atomic E-state index is 0. The van der Waals surface area contributed by atoms with Crippen molar-refractivity contribution in [2.75, 3.05) is 5.73 Å². The fraction of sp³-hybridized carbons (Fsp3) is 0. The Morgan fingerprint density at radius 2 is 2.00 bits per heavy atom. The van der Waals surface area contributed by atoms with Crippen molar-refractivity contribution in [2.24, 2.45) is 0 Å². The number of hydrogen-bond acceptors (Lipinski definition) is 2. The number of phenols is 1. The van der Waals surface area contributed by atoms with Crippen LogP contribution >= 0.6 is 28.3 Å². The van der Waals surface area contributed by atoms with Gasteiger partial charge in [-0.25, -0.2) is 0 Å². The lowest BCUT2D eigenvalue weighted by molar-refractivity contribution is 0.478. The molecule has 0 aliphatic carbocycles. The second-order valence-corrected chi connectivity index (χ2v) is 2.62. The first kappa shape index (κ1) is 9.59. The summed E-state index contributed by atoms with van der Waals surface area (Å²) in [6, 6.07) is 4.92. The second kappa shape index (κ2) is 3.68. The Morgan fingerprint density at radius 1 is 1.40 bits per heavy atom. The first-order chi connectivity index (χ1) is 4.20. The maximum absolute atomic E-state index is 8.90. The number of nitrogens with two attached hydrogens (primary N) is 1. The smallest absolute Gasteiger partial charge is 0.138 e. The van der Waals surface area contributed by atoms with Gasteiger partial charge in [0.2, 0.25) is 0 Å². The molecule has 2 nitrogen and oxygen atoms in total. The number of aromatic hydroxyl groups is 1. The van der Waals surface area contributed by atoms with Gasteiger partial charge < -0.3 is 10.8 Å². The predicted molar refractivity (Wildman–Crippen MR) is 47.5 cm³/mol. The minimum absolute atomic E-state index is 0. The van der Waals surface area contributed by atoms with E-state index >= 15 is 0 Å². The molecule has 0 bridgehead atoms. The maximum Gasteiger partial charge on any atom is 0.138 e. The number of halogens is 2. The Kier molecular flexibility index (Phi) is 3.53. The van der Waals surface area contributed by atoms with Crippen LogP contribution in [0.25, 0.3) is 0 Å². The normalized spacial score (nSPS) is 8.50. The molecule has 1 aromatic carbocycles. The van der Waals surface area contributed by atoms with Crippen LogP contribution in [0.15, 0.2) is 22.7 Å². The molecule has 3 N–H and O–H groups in total. The number of phenolic OH excluding ortho intramolecular Hbond substituents is 1. The Hall–Kier alpha value is -0.410. The molecule has 0 aliphatic rings. The summed E-state index contributed by atoms with van der Waals surface area (Å²) in [6.07, 6.45) is 0. The topological polar surface area (TPSA) is 46.2 Å². The van der Waals surface area contributed by atoms with Crippen LogP contribution in [0, 0.1) is 0 Å². The number of anilines is 1. The quantitative estimate of drug-likeness (QED) is 0.524. The molecular formula is C6H7BrClNO. The zero-order valence-corrected chi connectivity index (χ0v) is 7.45. The van der Waals surface area contributed by atoms with Crippen molar-refractivity contribution in [2.45, 2.75) is 0 Å². The van der Waals surface area contributed by atoms with Crippen LogP contribution in [0.4, 0.5) is 5.69 Å². The molecule has 0 saturated heterocycles. The van der Waals surface area contributed by atoms with Crippen molar-refractivity contribution in [3.05, 3.63) is 22.7 Å². The van der Waals surface area contributed by atoms with Gasteiger partial charge in [-0.2, -0.15) is 0 Å². The molecule has 0 fully saturated rings. The lowest BCUT2D eigenvalue weighted by atomic mass is 10.3.